The van der Waals surface area contributed by atoms with Crippen LogP contribution < -0.4 is 5.73 Å². The van der Waals surface area contributed by atoms with Crippen LogP contribution in [0.1, 0.15) is 30.7 Å². The first-order chi connectivity index (χ1) is 8.71. The van der Waals surface area contributed by atoms with Gasteiger partial charge in [0.25, 0.3) is 0 Å². The molecule has 0 aromatic carbocycles. The standard InChI is InChI=1S/C15H17N3/c1-4-7-11-12-8-10(5-2)9-17-14(12)15(16)18-13(11)6-3/h4,6-9H,3,5H2,1-2H3,(H2,16,18)/b7-4-. The second kappa shape index (κ2) is 5.00. The Morgan fingerprint density at radius 1 is 1.44 bits per heavy atom. The highest BCUT2D eigenvalue weighted by atomic mass is 14.9. The van der Waals surface area contributed by atoms with Gasteiger partial charge >= 0.3 is 0 Å². The smallest absolute Gasteiger partial charge is 0.150 e. The number of nitrogen functional groups attached to an aromatic ring is 1. The molecule has 18 heavy (non-hydrogen) atoms. The van der Waals surface area contributed by atoms with E-state index in [1.165, 1.54) is 5.56 Å². The third-order valence-electron chi connectivity index (χ3n) is 2.93. The van der Waals surface area contributed by atoms with Crippen LogP contribution in [-0.4, -0.2) is 9.97 Å². The van der Waals surface area contributed by atoms with Gasteiger partial charge in [-0.1, -0.05) is 25.7 Å². The molecule has 2 aromatic rings. The molecular formula is C15H17N3. The molecule has 0 aliphatic rings. The maximum atomic E-state index is 5.94. The van der Waals surface area contributed by atoms with Crippen molar-refractivity contribution >= 4 is 28.9 Å². The summed E-state index contributed by atoms with van der Waals surface area (Å²) >= 11 is 0. The number of nitrogens with zero attached hydrogens (tertiary/aromatic N) is 2. The first kappa shape index (κ1) is 12.3. The van der Waals surface area contributed by atoms with Crippen molar-refractivity contribution in [3.63, 3.8) is 0 Å². The first-order valence-corrected chi connectivity index (χ1v) is 6.04. The van der Waals surface area contributed by atoms with E-state index < -0.39 is 0 Å². The summed E-state index contributed by atoms with van der Waals surface area (Å²) in [6.07, 6.45) is 8.53. The average molecular weight is 239 g/mol. The minimum Gasteiger partial charge on any atom is -0.382 e. The Hall–Kier alpha value is -2.16. The lowest BCUT2D eigenvalue weighted by Crippen LogP contribution is -2.00. The zero-order valence-corrected chi connectivity index (χ0v) is 10.8. The topological polar surface area (TPSA) is 51.8 Å². The van der Waals surface area contributed by atoms with Crippen LogP contribution >= 0.6 is 0 Å². The van der Waals surface area contributed by atoms with Gasteiger partial charge in [0.2, 0.25) is 0 Å². The molecule has 2 N–H and O–H groups in total. The van der Waals surface area contributed by atoms with E-state index in [4.69, 9.17) is 5.73 Å². The molecule has 0 bridgehead atoms. The molecule has 2 rings (SSSR count). The molecule has 2 heterocycles. The molecule has 0 amide bonds. The molecule has 0 aliphatic carbocycles. The number of pyridine rings is 2. The Labute approximate surface area is 107 Å². The molecule has 0 unspecified atom stereocenters. The fourth-order valence-corrected chi connectivity index (χ4v) is 1.99. The highest BCUT2D eigenvalue weighted by Gasteiger charge is 2.10. The van der Waals surface area contributed by atoms with Crippen molar-refractivity contribution < 1.29 is 0 Å². The molecule has 0 radical (unpaired) electrons. The number of hydrogen-bond donors (Lipinski definition) is 1. The average Bonchev–Trinajstić information content (AvgIpc) is 2.41. The summed E-state index contributed by atoms with van der Waals surface area (Å²) in [5.41, 5.74) is 9.71. The largest absolute Gasteiger partial charge is 0.382 e. The van der Waals surface area contributed by atoms with Crippen LogP contribution in [0.15, 0.2) is 24.9 Å². The predicted octanol–water partition coefficient (Wildman–Crippen LogP) is 3.45. The summed E-state index contributed by atoms with van der Waals surface area (Å²) < 4.78 is 0. The Morgan fingerprint density at radius 3 is 2.83 bits per heavy atom. The Bertz CT molecular complexity index is 627. The number of nitrogens with two attached hydrogens (primary N) is 1. The zero-order valence-electron chi connectivity index (χ0n) is 10.8. The van der Waals surface area contributed by atoms with E-state index in [2.05, 4.69) is 29.5 Å². The van der Waals surface area contributed by atoms with E-state index in [1.54, 1.807) is 6.08 Å². The van der Waals surface area contributed by atoms with Gasteiger partial charge in [0.15, 0.2) is 5.82 Å². The highest BCUT2D eigenvalue weighted by Crippen LogP contribution is 2.26. The summed E-state index contributed by atoms with van der Waals surface area (Å²) in [6.45, 7) is 7.88. The van der Waals surface area contributed by atoms with Crippen molar-refractivity contribution in [1.29, 1.82) is 0 Å². The van der Waals surface area contributed by atoms with E-state index in [0.717, 1.165) is 28.6 Å². The maximum Gasteiger partial charge on any atom is 0.150 e. The van der Waals surface area contributed by atoms with Crippen molar-refractivity contribution in [1.82, 2.24) is 9.97 Å². The number of allylic oxidation sites excluding steroid dienone is 1. The number of aryl methyl sites for hydroxylation is 1. The summed E-state index contributed by atoms with van der Waals surface area (Å²) in [7, 11) is 0. The van der Waals surface area contributed by atoms with Crippen molar-refractivity contribution in [3.05, 3.63) is 41.7 Å². The van der Waals surface area contributed by atoms with E-state index in [-0.39, 0.29) is 0 Å². The number of anilines is 1. The van der Waals surface area contributed by atoms with E-state index in [9.17, 15) is 0 Å². The van der Waals surface area contributed by atoms with Crippen molar-refractivity contribution in [2.24, 2.45) is 0 Å². The Morgan fingerprint density at radius 2 is 2.22 bits per heavy atom. The number of fused-ring (bicyclic) bond motifs is 1. The Balaban J connectivity index is 2.89. The third kappa shape index (κ3) is 1.99. The molecular weight excluding hydrogens is 222 g/mol. The van der Waals surface area contributed by atoms with Crippen molar-refractivity contribution in [3.8, 4) is 0 Å². The van der Waals surface area contributed by atoms with Gasteiger partial charge in [-0.2, -0.15) is 0 Å². The Kier molecular flexibility index (Phi) is 3.42. The normalized spacial score (nSPS) is 11.2. The van der Waals surface area contributed by atoms with Gasteiger partial charge in [0.05, 0.1) is 5.69 Å². The number of aromatic nitrogens is 2. The summed E-state index contributed by atoms with van der Waals surface area (Å²) in [5.74, 6) is 0.454. The summed E-state index contributed by atoms with van der Waals surface area (Å²) in [4.78, 5) is 8.75. The molecule has 0 aliphatic heterocycles. The van der Waals surface area contributed by atoms with Crippen LogP contribution in [0, 0.1) is 0 Å². The van der Waals surface area contributed by atoms with E-state index in [1.807, 2.05) is 25.3 Å². The van der Waals surface area contributed by atoms with E-state index in [0.29, 0.717) is 5.82 Å². The zero-order chi connectivity index (χ0) is 13.1. The minimum absolute atomic E-state index is 0.454. The molecule has 0 atom stereocenters. The lowest BCUT2D eigenvalue weighted by molar-refractivity contribution is 1.12. The molecule has 3 heteroatoms. The van der Waals surface area contributed by atoms with Crippen molar-refractivity contribution in [2.45, 2.75) is 20.3 Å². The van der Waals surface area contributed by atoms with Gasteiger partial charge in [0, 0.05) is 17.1 Å². The lowest BCUT2D eigenvalue weighted by atomic mass is 10.0. The van der Waals surface area contributed by atoms with Gasteiger partial charge in [-0.25, -0.2) is 4.98 Å². The molecule has 2 aromatic heterocycles. The second-order valence-electron chi connectivity index (χ2n) is 4.09. The van der Waals surface area contributed by atoms with Gasteiger partial charge in [-0.05, 0) is 31.1 Å². The van der Waals surface area contributed by atoms with Gasteiger partial charge < -0.3 is 5.73 Å². The molecule has 0 saturated heterocycles. The van der Waals surface area contributed by atoms with Crippen LogP contribution in [-0.2, 0) is 6.42 Å². The van der Waals surface area contributed by atoms with Crippen LogP contribution in [0.25, 0.3) is 23.1 Å². The van der Waals surface area contributed by atoms with Crippen molar-refractivity contribution in [2.75, 3.05) is 5.73 Å². The molecule has 3 nitrogen and oxygen atoms in total. The maximum absolute atomic E-state index is 5.94. The molecule has 92 valence electrons. The van der Waals surface area contributed by atoms with Gasteiger partial charge in [-0.15, -0.1) is 0 Å². The fraction of sp³-hybridized carbons (Fsp3) is 0.200. The van der Waals surface area contributed by atoms with Crippen LogP contribution in [0.4, 0.5) is 5.82 Å². The highest BCUT2D eigenvalue weighted by molar-refractivity contribution is 5.96. The van der Waals surface area contributed by atoms with E-state index >= 15 is 0 Å². The first-order valence-electron chi connectivity index (χ1n) is 6.04. The monoisotopic (exact) mass is 239 g/mol. The molecule has 0 fully saturated rings. The molecule has 0 spiro atoms. The van der Waals surface area contributed by atoms with Gasteiger partial charge in [-0.3, -0.25) is 4.98 Å². The fourth-order valence-electron chi connectivity index (χ4n) is 1.99. The number of rotatable bonds is 3. The van der Waals surface area contributed by atoms with Gasteiger partial charge in [0.1, 0.15) is 5.52 Å². The quantitative estimate of drug-likeness (QED) is 0.892. The minimum atomic E-state index is 0.454. The summed E-state index contributed by atoms with van der Waals surface area (Å²) in [6, 6.07) is 2.13. The van der Waals surface area contributed by atoms with Crippen LogP contribution in [0.5, 0.6) is 0 Å². The SMILES string of the molecule is C=Cc1nc(N)c2ncc(CC)cc2c1/C=C\C. The van der Waals surface area contributed by atoms with Crippen LogP contribution in [0.2, 0.25) is 0 Å². The number of hydrogen-bond acceptors (Lipinski definition) is 3. The summed E-state index contributed by atoms with van der Waals surface area (Å²) in [5, 5.41) is 1.04. The third-order valence-corrected chi connectivity index (χ3v) is 2.93. The molecule has 0 saturated carbocycles. The van der Waals surface area contributed by atoms with Crippen LogP contribution in [0.3, 0.4) is 0 Å². The lowest BCUT2D eigenvalue weighted by Gasteiger charge is -2.09. The predicted molar refractivity (Wildman–Crippen MR) is 78.1 cm³/mol. The second-order valence-corrected chi connectivity index (χ2v) is 4.09.